The average molecular weight is 303 g/mol. The number of aliphatic hydroxyl groups is 1. The van der Waals surface area contributed by atoms with Gasteiger partial charge in [0, 0.05) is 22.9 Å². The maximum Gasteiger partial charge on any atom is 0.161 e. The van der Waals surface area contributed by atoms with Crippen LogP contribution in [0.5, 0.6) is 11.5 Å². The van der Waals surface area contributed by atoms with E-state index in [1.807, 2.05) is 6.07 Å². The molecule has 1 aromatic rings. The first-order chi connectivity index (χ1) is 10.6. The highest BCUT2D eigenvalue weighted by Crippen LogP contribution is 2.58. The van der Waals surface area contributed by atoms with E-state index in [2.05, 4.69) is 18.0 Å². The minimum absolute atomic E-state index is 0.0823. The predicted octanol–water partition coefficient (Wildman–Crippen LogP) is 2.06. The molecule has 2 aliphatic carbocycles. The summed E-state index contributed by atoms with van der Waals surface area (Å²) in [7, 11) is 3.77. The fourth-order valence-corrected chi connectivity index (χ4v) is 5.50. The molecule has 4 nitrogen and oxygen atoms in total. The summed E-state index contributed by atoms with van der Waals surface area (Å²) in [5.41, 5.74) is 2.22. The second-order valence-corrected chi connectivity index (χ2v) is 7.29. The van der Waals surface area contributed by atoms with E-state index in [1.54, 1.807) is 7.11 Å². The molecule has 1 aliphatic heterocycles. The van der Waals surface area contributed by atoms with Crippen LogP contribution >= 0.6 is 0 Å². The lowest BCUT2D eigenvalue weighted by molar-refractivity contribution is -0.0754. The minimum Gasteiger partial charge on any atom is -0.504 e. The summed E-state index contributed by atoms with van der Waals surface area (Å²) in [5, 5.41) is 21.5. The Balaban J connectivity index is 1.95. The molecule has 1 aromatic carbocycles. The summed E-state index contributed by atoms with van der Waals surface area (Å²) in [6.07, 6.45) is 4.64. The lowest BCUT2D eigenvalue weighted by atomic mass is 9.51. The van der Waals surface area contributed by atoms with Gasteiger partial charge in [-0.15, -0.1) is 0 Å². The molecule has 1 saturated carbocycles. The van der Waals surface area contributed by atoms with Crippen molar-refractivity contribution < 1.29 is 14.9 Å². The number of likely N-dealkylation sites (N-methyl/N-ethyl adjacent to an activating group) is 1. The molecule has 1 heterocycles. The van der Waals surface area contributed by atoms with Crippen molar-refractivity contribution in [2.75, 3.05) is 20.7 Å². The van der Waals surface area contributed by atoms with E-state index in [4.69, 9.17) is 4.74 Å². The Kier molecular flexibility index (Phi) is 3.17. The zero-order valence-electron chi connectivity index (χ0n) is 13.4. The van der Waals surface area contributed by atoms with Crippen molar-refractivity contribution in [3.63, 3.8) is 0 Å². The molecule has 4 atom stereocenters. The fourth-order valence-electron chi connectivity index (χ4n) is 5.50. The van der Waals surface area contributed by atoms with Crippen molar-refractivity contribution in [3.8, 4) is 11.5 Å². The van der Waals surface area contributed by atoms with Gasteiger partial charge in [-0.05, 0) is 57.3 Å². The number of phenolic OH excluding ortho intramolecular Hbond substituents is 1. The van der Waals surface area contributed by atoms with Gasteiger partial charge in [-0.2, -0.15) is 0 Å². The van der Waals surface area contributed by atoms with Crippen LogP contribution in [0.3, 0.4) is 0 Å². The fraction of sp³-hybridized carbons (Fsp3) is 0.667. The first-order valence-electron chi connectivity index (χ1n) is 8.36. The van der Waals surface area contributed by atoms with E-state index in [0.29, 0.717) is 17.5 Å². The zero-order chi connectivity index (χ0) is 15.5. The van der Waals surface area contributed by atoms with Crippen LogP contribution in [0, 0.1) is 5.92 Å². The molecule has 0 amide bonds. The van der Waals surface area contributed by atoms with Gasteiger partial charge in [0.2, 0.25) is 0 Å². The van der Waals surface area contributed by atoms with Crippen LogP contribution in [-0.2, 0) is 11.8 Å². The van der Waals surface area contributed by atoms with Crippen LogP contribution in [0.2, 0.25) is 0 Å². The number of hydrogen-bond donors (Lipinski definition) is 2. The number of ether oxygens (including phenoxy) is 1. The number of nitrogens with zero attached hydrogens (tertiary/aromatic N) is 1. The van der Waals surface area contributed by atoms with Crippen molar-refractivity contribution in [1.29, 1.82) is 0 Å². The minimum atomic E-state index is -0.264. The maximum atomic E-state index is 10.8. The van der Waals surface area contributed by atoms with Crippen molar-refractivity contribution in [2.24, 2.45) is 5.92 Å². The first kappa shape index (κ1) is 14.3. The Morgan fingerprint density at radius 2 is 2.14 bits per heavy atom. The highest BCUT2D eigenvalue weighted by Gasteiger charge is 2.57. The Morgan fingerprint density at radius 3 is 2.91 bits per heavy atom. The van der Waals surface area contributed by atoms with Crippen molar-refractivity contribution >= 4 is 0 Å². The van der Waals surface area contributed by atoms with E-state index in [-0.39, 0.29) is 17.4 Å². The summed E-state index contributed by atoms with van der Waals surface area (Å²) >= 11 is 0. The number of phenols is 1. The lowest BCUT2D eigenvalue weighted by Gasteiger charge is -2.59. The summed E-state index contributed by atoms with van der Waals surface area (Å²) in [6.45, 7) is 1.03. The number of aromatic hydroxyl groups is 1. The van der Waals surface area contributed by atoms with Crippen LogP contribution in [-0.4, -0.2) is 48.0 Å². The molecule has 2 fully saturated rings. The number of methoxy groups -OCH3 is 1. The molecule has 0 radical (unpaired) electrons. The third-order valence-corrected chi connectivity index (χ3v) is 6.44. The van der Waals surface area contributed by atoms with Crippen LogP contribution in [0.25, 0.3) is 0 Å². The molecule has 3 aliphatic rings. The summed E-state index contributed by atoms with van der Waals surface area (Å²) in [5.74, 6) is 1.09. The molecule has 2 bridgehead atoms. The number of aliphatic hydroxyl groups excluding tert-OH is 1. The van der Waals surface area contributed by atoms with Crippen LogP contribution < -0.4 is 4.74 Å². The quantitative estimate of drug-likeness (QED) is 0.834. The molecule has 2 N–H and O–H groups in total. The second-order valence-electron chi connectivity index (χ2n) is 7.29. The molecule has 4 heteroatoms. The molecule has 4 rings (SSSR count). The Hall–Kier alpha value is -1.26. The average Bonchev–Trinajstić information content (AvgIpc) is 2.51. The second kappa shape index (κ2) is 4.87. The standard InChI is InChI=1S/C18H25NO3/c1-19-9-8-18-7-3-4-13(20)16(18)12(19)10-11-5-6-14(22-2)17(21)15(11)18/h5-6,12-13,16,20-21H,3-4,7-10H2,1-2H3/t12-,13-,16+,18-/m0/s1. The molecule has 22 heavy (non-hydrogen) atoms. The molecule has 1 saturated heterocycles. The molecular weight excluding hydrogens is 278 g/mol. The van der Waals surface area contributed by atoms with Gasteiger partial charge in [-0.1, -0.05) is 6.07 Å². The monoisotopic (exact) mass is 303 g/mol. The Labute approximate surface area is 131 Å². The number of hydrogen-bond acceptors (Lipinski definition) is 4. The first-order valence-corrected chi connectivity index (χ1v) is 8.36. The number of fused-ring (bicyclic) bond motifs is 1. The van der Waals surface area contributed by atoms with E-state index < -0.39 is 0 Å². The highest BCUT2D eigenvalue weighted by molar-refractivity contribution is 5.56. The predicted molar refractivity (Wildman–Crippen MR) is 84.4 cm³/mol. The number of piperidine rings is 1. The number of likely N-dealkylation sites (tertiary alicyclic amines) is 1. The van der Waals surface area contributed by atoms with Gasteiger partial charge in [-0.25, -0.2) is 0 Å². The van der Waals surface area contributed by atoms with Gasteiger partial charge in [0.25, 0.3) is 0 Å². The van der Waals surface area contributed by atoms with Gasteiger partial charge in [0.15, 0.2) is 11.5 Å². The molecule has 0 spiro atoms. The third-order valence-electron chi connectivity index (χ3n) is 6.44. The van der Waals surface area contributed by atoms with Gasteiger partial charge >= 0.3 is 0 Å². The SMILES string of the molecule is COc1ccc2c(c1O)[C@@]13CCC[C@H](O)[C@H]1[C@H](C2)N(C)CC3. The summed E-state index contributed by atoms with van der Waals surface area (Å²) in [6, 6.07) is 4.36. The highest BCUT2D eigenvalue weighted by atomic mass is 16.5. The molecule has 0 aromatic heterocycles. The Bertz CT molecular complexity index is 602. The van der Waals surface area contributed by atoms with E-state index in [9.17, 15) is 10.2 Å². The molecular formula is C18H25NO3. The van der Waals surface area contributed by atoms with E-state index in [1.165, 1.54) is 5.56 Å². The topological polar surface area (TPSA) is 52.9 Å². The molecule has 120 valence electrons. The summed E-state index contributed by atoms with van der Waals surface area (Å²) < 4.78 is 5.35. The Morgan fingerprint density at radius 1 is 1.32 bits per heavy atom. The van der Waals surface area contributed by atoms with Crippen molar-refractivity contribution in [1.82, 2.24) is 4.90 Å². The summed E-state index contributed by atoms with van der Waals surface area (Å²) in [4.78, 5) is 2.40. The lowest BCUT2D eigenvalue weighted by Crippen LogP contribution is -2.63. The number of rotatable bonds is 1. The van der Waals surface area contributed by atoms with E-state index >= 15 is 0 Å². The van der Waals surface area contributed by atoms with Crippen molar-refractivity contribution in [2.45, 2.75) is 49.7 Å². The maximum absolute atomic E-state index is 10.8. The van der Waals surface area contributed by atoms with Gasteiger partial charge < -0.3 is 19.8 Å². The van der Waals surface area contributed by atoms with Gasteiger partial charge in [0.05, 0.1) is 13.2 Å². The largest absolute Gasteiger partial charge is 0.504 e. The van der Waals surface area contributed by atoms with Crippen LogP contribution in [0.1, 0.15) is 36.8 Å². The normalized spacial score (nSPS) is 37.3. The smallest absolute Gasteiger partial charge is 0.161 e. The number of benzene rings is 1. The van der Waals surface area contributed by atoms with Crippen LogP contribution in [0.15, 0.2) is 12.1 Å². The zero-order valence-corrected chi connectivity index (χ0v) is 13.4. The van der Waals surface area contributed by atoms with Crippen LogP contribution in [0.4, 0.5) is 0 Å². The van der Waals surface area contributed by atoms with E-state index in [0.717, 1.165) is 44.2 Å². The third kappa shape index (κ3) is 1.71. The van der Waals surface area contributed by atoms with Gasteiger partial charge in [-0.3, -0.25) is 0 Å². The molecule has 0 unspecified atom stereocenters. The van der Waals surface area contributed by atoms with Crippen molar-refractivity contribution in [3.05, 3.63) is 23.3 Å². The van der Waals surface area contributed by atoms with Gasteiger partial charge in [0.1, 0.15) is 0 Å².